The van der Waals surface area contributed by atoms with Gasteiger partial charge >= 0.3 is 0 Å². The SMILES string of the molecule is C1=CCN2C3=C(CC1)CC[C@@H](C1CCCCCC1)C3=C1CCNC[C@@H]12.Cl. The summed E-state index contributed by atoms with van der Waals surface area (Å²) >= 11 is 0. The number of nitrogens with zero attached hydrogens (tertiary/aromatic N) is 1. The number of halogens is 1. The van der Waals surface area contributed by atoms with Gasteiger partial charge in [0.15, 0.2) is 0 Å². The zero-order valence-corrected chi connectivity index (χ0v) is 17.0. The Labute approximate surface area is 165 Å². The van der Waals surface area contributed by atoms with Crippen molar-refractivity contribution < 1.29 is 0 Å². The first-order chi connectivity index (χ1) is 12.4. The molecule has 2 atom stereocenters. The van der Waals surface area contributed by atoms with Gasteiger partial charge in [0.2, 0.25) is 0 Å². The first-order valence-corrected chi connectivity index (χ1v) is 11.0. The molecule has 144 valence electrons. The highest BCUT2D eigenvalue weighted by atomic mass is 35.5. The first kappa shape index (κ1) is 18.6. The molecular weight excluding hydrogens is 340 g/mol. The lowest BCUT2D eigenvalue weighted by Crippen LogP contribution is -2.43. The van der Waals surface area contributed by atoms with E-state index in [4.69, 9.17) is 0 Å². The Morgan fingerprint density at radius 3 is 2.62 bits per heavy atom. The number of piperidine rings is 1. The van der Waals surface area contributed by atoms with E-state index in [1.165, 1.54) is 83.7 Å². The number of nitrogens with one attached hydrogen (secondary N) is 1. The minimum atomic E-state index is 0. The second kappa shape index (κ2) is 8.10. The van der Waals surface area contributed by atoms with Gasteiger partial charge in [-0.3, -0.25) is 0 Å². The van der Waals surface area contributed by atoms with Crippen LogP contribution in [0.15, 0.2) is 34.6 Å². The van der Waals surface area contributed by atoms with E-state index in [-0.39, 0.29) is 12.4 Å². The number of fused-ring (bicyclic) bond motifs is 2. The number of hydrogen-bond acceptors (Lipinski definition) is 2. The maximum atomic E-state index is 3.69. The van der Waals surface area contributed by atoms with E-state index in [2.05, 4.69) is 22.4 Å². The standard InChI is InChI=1S/C23H34N2.ClH/c1-2-5-9-17(8-4-1)19-12-11-18-10-6-3-7-15-25-21-16-24-14-13-20(21)22(19)23(18)25;/h3,7,17,19,21,24H,1-2,4-6,8-16H2;1H/t19-,21-;/m0./s1. The van der Waals surface area contributed by atoms with Gasteiger partial charge in [0.25, 0.3) is 0 Å². The van der Waals surface area contributed by atoms with Gasteiger partial charge < -0.3 is 10.2 Å². The molecule has 0 aromatic carbocycles. The lowest BCUT2D eigenvalue weighted by atomic mass is 9.71. The van der Waals surface area contributed by atoms with Crippen LogP contribution >= 0.6 is 12.4 Å². The molecule has 3 heterocycles. The Hall–Kier alpha value is -0.730. The summed E-state index contributed by atoms with van der Waals surface area (Å²) in [5.41, 5.74) is 7.25. The third-order valence-corrected chi connectivity index (χ3v) is 7.59. The molecule has 0 amide bonds. The van der Waals surface area contributed by atoms with Crippen molar-refractivity contribution in [3.8, 4) is 0 Å². The largest absolute Gasteiger partial charge is 0.360 e. The molecule has 1 saturated heterocycles. The lowest BCUT2D eigenvalue weighted by molar-refractivity contribution is 0.282. The fourth-order valence-electron chi connectivity index (χ4n) is 6.44. The number of hydrogen-bond donors (Lipinski definition) is 1. The summed E-state index contributed by atoms with van der Waals surface area (Å²) in [5.74, 6) is 1.84. The molecule has 5 aliphatic rings. The predicted octanol–water partition coefficient (Wildman–Crippen LogP) is 5.37. The molecular formula is C23H35ClN2. The van der Waals surface area contributed by atoms with E-state index in [1.54, 1.807) is 11.3 Å². The number of allylic oxidation sites excluding steroid dienone is 3. The molecule has 2 nitrogen and oxygen atoms in total. The van der Waals surface area contributed by atoms with E-state index in [0.29, 0.717) is 6.04 Å². The van der Waals surface area contributed by atoms with E-state index in [0.717, 1.165) is 18.4 Å². The third kappa shape index (κ3) is 3.18. The predicted molar refractivity (Wildman–Crippen MR) is 112 cm³/mol. The average Bonchev–Trinajstić information content (AvgIpc) is 2.78. The summed E-state index contributed by atoms with van der Waals surface area (Å²) in [5, 5.41) is 3.69. The normalized spacial score (nSPS) is 32.4. The van der Waals surface area contributed by atoms with Crippen molar-refractivity contribution in [2.75, 3.05) is 19.6 Å². The third-order valence-electron chi connectivity index (χ3n) is 7.59. The van der Waals surface area contributed by atoms with Crippen LogP contribution in [0.25, 0.3) is 0 Å². The monoisotopic (exact) mass is 374 g/mol. The van der Waals surface area contributed by atoms with Crippen molar-refractivity contribution in [3.63, 3.8) is 0 Å². The first-order valence-electron chi connectivity index (χ1n) is 11.0. The molecule has 2 aliphatic carbocycles. The van der Waals surface area contributed by atoms with E-state index in [9.17, 15) is 0 Å². The van der Waals surface area contributed by atoms with Crippen molar-refractivity contribution in [1.29, 1.82) is 0 Å². The molecule has 5 rings (SSSR count). The van der Waals surface area contributed by atoms with Gasteiger partial charge in [-0.1, -0.05) is 37.8 Å². The van der Waals surface area contributed by atoms with Crippen LogP contribution in [0.1, 0.15) is 70.6 Å². The summed E-state index contributed by atoms with van der Waals surface area (Å²) < 4.78 is 0. The van der Waals surface area contributed by atoms with Crippen LogP contribution in [0, 0.1) is 11.8 Å². The molecule has 1 saturated carbocycles. The summed E-state index contributed by atoms with van der Waals surface area (Å²) in [7, 11) is 0. The summed E-state index contributed by atoms with van der Waals surface area (Å²) in [4.78, 5) is 2.80. The Bertz CT molecular complexity index is 610. The fraction of sp³-hybridized carbons (Fsp3) is 0.739. The van der Waals surface area contributed by atoms with Crippen molar-refractivity contribution >= 4 is 12.4 Å². The quantitative estimate of drug-likeness (QED) is 0.490. The molecule has 0 spiro atoms. The van der Waals surface area contributed by atoms with Gasteiger partial charge in [-0.25, -0.2) is 0 Å². The van der Waals surface area contributed by atoms with Gasteiger partial charge in [0, 0.05) is 18.8 Å². The highest BCUT2D eigenvalue weighted by Crippen LogP contribution is 2.52. The molecule has 0 aromatic heterocycles. The van der Waals surface area contributed by atoms with Gasteiger partial charge in [0.1, 0.15) is 0 Å². The second-order valence-corrected chi connectivity index (χ2v) is 8.92. The minimum absolute atomic E-state index is 0. The van der Waals surface area contributed by atoms with Crippen LogP contribution in [0.5, 0.6) is 0 Å². The van der Waals surface area contributed by atoms with Crippen LogP contribution < -0.4 is 5.32 Å². The zero-order valence-electron chi connectivity index (χ0n) is 16.1. The Morgan fingerprint density at radius 2 is 1.77 bits per heavy atom. The van der Waals surface area contributed by atoms with Gasteiger partial charge in [-0.15, -0.1) is 12.4 Å². The van der Waals surface area contributed by atoms with Crippen LogP contribution in [0.4, 0.5) is 0 Å². The van der Waals surface area contributed by atoms with Crippen molar-refractivity contribution in [3.05, 3.63) is 34.6 Å². The molecule has 3 aliphatic heterocycles. The summed E-state index contributed by atoms with van der Waals surface area (Å²) in [6.07, 6.45) is 20.4. The maximum absolute atomic E-state index is 3.69. The molecule has 0 aromatic rings. The van der Waals surface area contributed by atoms with Gasteiger partial charge in [-0.05, 0) is 80.0 Å². The topological polar surface area (TPSA) is 15.3 Å². The molecule has 1 N–H and O–H groups in total. The van der Waals surface area contributed by atoms with E-state index < -0.39 is 0 Å². The Kier molecular flexibility index (Phi) is 5.81. The van der Waals surface area contributed by atoms with Crippen molar-refractivity contribution in [2.24, 2.45) is 11.8 Å². The highest BCUT2D eigenvalue weighted by molar-refractivity contribution is 5.85. The Morgan fingerprint density at radius 1 is 0.923 bits per heavy atom. The van der Waals surface area contributed by atoms with Crippen LogP contribution in [0.2, 0.25) is 0 Å². The minimum Gasteiger partial charge on any atom is -0.360 e. The van der Waals surface area contributed by atoms with Crippen LogP contribution in [0.3, 0.4) is 0 Å². The maximum Gasteiger partial charge on any atom is 0.0637 e. The van der Waals surface area contributed by atoms with E-state index >= 15 is 0 Å². The van der Waals surface area contributed by atoms with Crippen molar-refractivity contribution in [2.45, 2.75) is 76.7 Å². The smallest absolute Gasteiger partial charge is 0.0637 e. The van der Waals surface area contributed by atoms with Gasteiger partial charge in [0.05, 0.1) is 6.04 Å². The average molecular weight is 375 g/mol. The summed E-state index contributed by atoms with van der Waals surface area (Å²) in [6, 6.07) is 0.655. The second-order valence-electron chi connectivity index (χ2n) is 8.92. The van der Waals surface area contributed by atoms with Crippen molar-refractivity contribution in [1.82, 2.24) is 10.2 Å². The van der Waals surface area contributed by atoms with E-state index in [1.807, 2.05) is 11.1 Å². The fourth-order valence-corrected chi connectivity index (χ4v) is 6.44. The molecule has 26 heavy (non-hydrogen) atoms. The van der Waals surface area contributed by atoms with Crippen LogP contribution in [-0.2, 0) is 0 Å². The lowest BCUT2D eigenvalue weighted by Gasteiger charge is -2.38. The molecule has 3 heteroatoms. The van der Waals surface area contributed by atoms with Crippen LogP contribution in [-0.4, -0.2) is 30.6 Å². The summed E-state index contributed by atoms with van der Waals surface area (Å²) in [6.45, 7) is 3.50. The van der Waals surface area contributed by atoms with Gasteiger partial charge in [-0.2, -0.15) is 0 Å². The molecule has 0 unspecified atom stereocenters. The molecule has 0 radical (unpaired) electrons. The highest BCUT2D eigenvalue weighted by Gasteiger charge is 2.44. The molecule has 2 fully saturated rings. The Balaban J connectivity index is 0.00000168. The zero-order chi connectivity index (χ0) is 16.6. The molecule has 0 bridgehead atoms. The number of rotatable bonds is 1.